The molecule has 0 bridgehead atoms. The maximum absolute atomic E-state index is 12.5. The number of alkyl carbamates (subject to hydrolysis) is 1. The number of benzene rings is 2. The minimum absolute atomic E-state index is 0.166. The van der Waals surface area contributed by atoms with Crippen molar-refractivity contribution >= 4 is 12.0 Å². The molecule has 0 spiro atoms. The van der Waals surface area contributed by atoms with Gasteiger partial charge in [0.25, 0.3) is 0 Å². The molecule has 2 aromatic rings. The normalized spacial score (nSPS) is 14.9. The van der Waals surface area contributed by atoms with E-state index in [2.05, 4.69) is 22.8 Å². The Morgan fingerprint density at radius 3 is 2.11 bits per heavy atom. The maximum atomic E-state index is 12.5. The summed E-state index contributed by atoms with van der Waals surface area (Å²) in [5.74, 6) is -0.166. The Labute approximate surface area is 160 Å². The highest BCUT2D eigenvalue weighted by molar-refractivity contribution is 5.92. The number of hydrogen-bond acceptors (Lipinski definition) is 3. The first-order valence-corrected chi connectivity index (χ1v) is 9.21. The van der Waals surface area contributed by atoms with Gasteiger partial charge in [0, 0.05) is 6.54 Å². The number of hydrogen-bond donors (Lipinski definition) is 2. The summed E-state index contributed by atoms with van der Waals surface area (Å²) in [5, 5.41) is 5.64. The van der Waals surface area contributed by atoms with Crippen molar-refractivity contribution in [3.63, 3.8) is 0 Å². The SMILES string of the molecule is CC(C)(C)OC(=O)NC1(C(=O)NCc2ccc(-c3ccccc3)cc2)CC1. The van der Waals surface area contributed by atoms with Gasteiger partial charge < -0.3 is 15.4 Å². The van der Waals surface area contributed by atoms with Crippen LogP contribution in [0.15, 0.2) is 54.6 Å². The lowest BCUT2D eigenvalue weighted by atomic mass is 10.0. The highest BCUT2D eigenvalue weighted by Gasteiger charge is 2.51. The van der Waals surface area contributed by atoms with E-state index in [1.54, 1.807) is 20.8 Å². The standard InChI is InChI=1S/C22H26N2O3/c1-21(2,3)27-20(26)24-22(13-14-22)19(25)23-15-16-9-11-18(12-10-16)17-7-5-4-6-8-17/h4-12H,13-15H2,1-3H3,(H,23,25)(H,24,26). The molecule has 1 saturated carbocycles. The summed E-state index contributed by atoms with van der Waals surface area (Å²) in [7, 11) is 0. The predicted octanol–water partition coefficient (Wildman–Crippen LogP) is 4.03. The summed E-state index contributed by atoms with van der Waals surface area (Å²) in [4.78, 5) is 24.5. The number of carbonyl (C=O) groups excluding carboxylic acids is 2. The second-order valence-corrected chi connectivity index (χ2v) is 7.95. The topological polar surface area (TPSA) is 67.4 Å². The first-order valence-electron chi connectivity index (χ1n) is 9.21. The van der Waals surface area contributed by atoms with Crippen molar-refractivity contribution in [3.05, 3.63) is 60.2 Å². The van der Waals surface area contributed by atoms with Crippen LogP contribution in [0.4, 0.5) is 4.79 Å². The number of ether oxygens (including phenoxy) is 1. The lowest BCUT2D eigenvalue weighted by molar-refractivity contribution is -0.124. The zero-order chi connectivity index (χ0) is 19.5. The van der Waals surface area contributed by atoms with Crippen LogP contribution in [0, 0.1) is 0 Å². The second kappa shape index (κ2) is 7.43. The van der Waals surface area contributed by atoms with Crippen LogP contribution in [0.2, 0.25) is 0 Å². The highest BCUT2D eigenvalue weighted by atomic mass is 16.6. The van der Waals surface area contributed by atoms with Gasteiger partial charge in [0.2, 0.25) is 5.91 Å². The molecule has 0 heterocycles. The molecule has 142 valence electrons. The molecule has 5 heteroatoms. The van der Waals surface area contributed by atoms with Crippen molar-refractivity contribution in [1.29, 1.82) is 0 Å². The quantitative estimate of drug-likeness (QED) is 0.840. The van der Waals surface area contributed by atoms with Gasteiger partial charge in [-0.15, -0.1) is 0 Å². The summed E-state index contributed by atoms with van der Waals surface area (Å²) in [5.41, 5.74) is 1.89. The van der Waals surface area contributed by atoms with Gasteiger partial charge in [-0.25, -0.2) is 4.79 Å². The van der Waals surface area contributed by atoms with Crippen molar-refractivity contribution < 1.29 is 14.3 Å². The Kier molecular flexibility index (Phi) is 5.22. The third kappa shape index (κ3) is 5.09. The van der Waals surface area contributed by atoms with Crippen LogP contribution in [-0.2, 0) is 16.1 Å². The van der Waals surface area contributed by atoms with E-state index in [0.717, 1.165) is 16.7 Å². The van der Waals surface area contributed by atoms with Gasteiger partial charge in [-0.05, 0) is 50.3 Å². The van der Waals surface area contributed by atoms with Gasteiger partial charge in [0.15, 0.2) is 0 Å². The van der Waals surface area contributed by atoms with Gasteiger partial charge in [-0.3, -0.25) is 4.79 Å². The summed E-state index contributed by atoms with van der Waals surface area (Å²) in [6.07, 6.45) is 0.707. The summed E-state index contributed by atoms with van der Waals surface area (Å²) in [6, 6.07) is 18.2. The van der Waals surface area contributed by atoms with Crippen LogP contribution in [0.1, 0.15) is 39.2 Å². The predicted molar refractivity (Wildman–Crippen MR) is 105 cm³/mol. The van der Waals surface area contributed by atoms with E-state index in [-0.39, 0.29) is 5.91 Å². The zero-order valence-corrected chi connectivity index (χ0v) is 16.0. The van der Waals surface area contributed by atoms with Crippen LogP contribution in [0.3, 0.4) is 0 Å². The Balaban J connectivity index is 1.54. The van der Waals surface area contributed by atoms with Gasteiger partial charge >= 0.3 is 6.09 Å². The fourth-order valence-electron chi connectivity index (χ4n) is 2.83. The van der Waals surface area contributed by atoms with E-state index in [9.17, 15) is 9.59 Å². The minimum Gasteiger partial charge on any atom is -0.444 e. The van der Waals surface area contributed by atoms with Crippen LogP contribution < -0.4 is 10.6 Å². The summed E-state index contributed by atoms with van der Waals surface area (Å²) >= 11 is 0. The lowest BCUT2D eigenvalue weighted by Gasteiger charge is -2.23. The Morgan fingerprint density at radius 1 is 0.963 bits per heavy atom. The minimum atomic E-state index is -0.827. The molecule has 0 atom stereocenters. The molecule has 5 nitrogen and oxygen atoms in total. The van der Waals surface area contributed by atoms with Crippen molar-refractivity contribution in [1.82, 2.24) is 10.6 Å². The molecule has 0 aliphatic heterocycles. The average Bonchev–Trinajstić information content (AvgIpc) is 3.40. The molecule has 0 aromatic heterocycles. The van der Waals surface area contributed by atoms with Gasteiger partial charge in [-0.1, -0.05) is 54.6 Å². The molecule has 2 aromatic carbocycles. The number of carbonyl (C=O) groups is 2. The van der Waals surface area contributed by atoms with Crippen molar-refractivity contribution in [3.8, 4) is 11.1 Å². The van der Waals surface area contributed by atoms with E-state index in [4.69, 9.17) is 4.74 Å². The smallest absolute Gasteiger partial charge is 0.408 e. The molecule has 1 fully saturated rings. The van der Waals surface area contributed by atoms with E-state index < -0.39 is 17.2 Å². The fraction of sp³-hybridized carbons (Fsp3) is 0.364. The number of nitrogens with one attached hydrogen (secondary N) is 2. The molecule has 27 heavy (non-hydrogen) atoms. The molecule has 2 amide bonds. The molecule has 2 N–H and O–H groups in total. The molecule has 0 unspecified atom stereocenters. The number of amides is 2. The van der Waals surface area contributed by atoms with Crippen LogP contribution >= 0.6 is 0 Å². The van der Waals surface area contributed by atoms with Crippen molar-refractivity contribution in [2.75, 3.05) is 0 Å². The number of rotatable bonds is 5. The zero-order valence-electron chi connectivity index (χ0n) is 16.0. The monoisotopic (exact) mass is 366 g/mol. The molecular formula is C22H26N2O3. The first-order chi connectivity index (χ1) is 12.8. The molecule has 1 aliphatic rings. The average molecular weight is 366 g/mol. The fourth-order valence-corrected chi connectivity index (χ4v) is 2.83. The van der Waals surface area contributed by atoms with Crippen LogP contribution in [-0.4, -0.2) is 23.1 Å². The van der Waals surface area contributed by atoms with Crippen LogP contribution in [0.25, 0.3) is 11.1 Å². The highest BCUT2D eigenvalue weighted by Crippen LogP contribution is 2.36. The largest absolute Gasteiger partial charge is 0.444 e. The van der Waals surface area contributed by atoms with E-state index in [1.807, 2.05) is 42.5 Å². The maximum Gasteiger partial charge on any atom is 0.408 e. The van der Waals surface area contributed by atoms with Gasteiger partial charge in [0.1, 0.15) is 11.1 Å². The molecule has 3 rings (SSSR count). The van der Waals surface area contributed by atoms with Crippen LogP contribution in [0.5, 0.6) is 0 Å². The van der Waals surface area contributed by atoms with Crippen molar-refractivity contribution in [2.24, 2.45) is 0 Å². The molecule has 0 radical (unpaired) electrons. The molecular weight excluding hydrogens is 340 g/mol. The van der Waals surface area contributed by atoms with Gasteiger partial charge in [-0.2, -0.15) is 0 Å². The Hall–Kier alpha value is -2.82. The van der Waals surface area contributed by atoms with E-state index >= 15 is 0 Å². The third-order valence-corrected chi connectivity index (χ3v) is 4.44. The summed E-state index contributed by atoms with van der Waals surface area (Å²) < 4.78 is 5.25. The Bertz CT molecular complexity index is 804. The molecule has 0 saturated heterocycles. The Morgan fingerprint density at radius 2 is 1.56 bits per heavy atom. The van der Waals surface area contributed by atoms with Crippen molar-refractivity contribution in [2.45, 2.75) is 51.3 Å². The third-order valence-electron chi connectivity index (χ3n) is 4.44. The lowest BCUT2D eigenvalue weighted by Crippen LogP contribution is -2.50. The summed E-state index contributed by atoms with van der Waals surface area (Å²) in [6.45, 7) is 5.81. The molecule has 1 aliphatic carbocycles. The second-order valence-electron chi connectivity index (χ2n) is 7.95. The van der Waals surface area contributed by atoms with E-state index in [0.29, 0.717) is 19.4 Å². The first kappa shape index (κ1) is 19.0. The van der Waals surface area contributed by atoms with E-state index in [1.165, 1.54) is 0 Å². The van der Waals surface area contributed by atoms with Gasteiger partial charge in [0.05, 0.1) is 0 Å².